The van der Waals surface area contributed by atoms with Gasteiger partial charge in [0.1, 0.15) is 0 Å². The lowest BCUT2D eigenvalue weighted by atomic mass is 10.1. The smallest absolute Gasteiger partial charge is 0.225 e. The van der Waals surface area contributed by atoms with Crippen molar-refractivity contribution in [3.8, 4) is 0 Å². The van der Waals surface area contributed by atoms with Crippen molar-refractivity contribution in [3.63, 3.8) is 0 Å². The van der Waals surface area contributed by atoms with Gasteiger partial charge < -0.3 is 4.90 Å². The first kappa shape index (κ1) is 16.0. The Morgan fingerprint density at radius 1 is 1.04 bits per heavy atom. The van der Waals surface area contributed by atoms with Gasteiger partial charge >= 0.3 is 0 Å². The summed E-state index contributed by atoms with van der Waals surface area (Å²) in [7, 11) is 0. The van der Waals surface area contributed by atoms with E-state index in [0.29, 0.717) is 11.4 Å². The summed E-state index contributed by atoms with van der Waals surface area (Å²) >= 11 is 5.49. The molecule has 0 radical (unpaired) electrons. The van der Waals surface area contributed by atoms with Crippen molar-refractivity contribution in [3.05, 3.63) is 23.2 Å². The second-order valence-electron chi connectivity index (χ2n) is 6.64. The molecule has 0 spiro atoms. The van der Waals surface area contributed by atoms with Crippen LogP contribution in [-0.4, -0.2) is 60.8 Å². The molecular weight excluding hydrogens is 312 g/mol. The fraction of sp³-hybridized carbons (Fsp3) is 0.643. The van der Waals surface area contributed by atoms with E-state index in [1.807, 2.05) is 6.07 Å². The Morgan fingerprint density at radius 3 is 2.26 bits per heavy atom. The molecule has 1 aliphatic rings. The average molecular weight is 334 g/mol. The van der Waals surface area contributed by atoms with E-state index in [9.17, 15) is 0 Å². The Morgan fingerprint density at radius 2 is 1.70 bits per heavy atom. The number of hydrogen-bond donors (Lipinski definition) is 0. The van der Waals surface area contributed by atoms with Crippen LogP contribution < -0.4 is 4.90 Å². The molecule has 0 aliphatic carbocycles. The summed E-state index contributed by atoms with van der Waals surface area (Å²) in [6.45, 7) is 10.5. The van der Waals surface area contributed by atoms with E-state index in [1.165, 1.54) is 0 Å². The van der Waals surface area contributed by atoms with E-state index in [1.54, 1.807) is 21.8 Å². The Bertz CT molecular complexity index is 694. The van der Waals surface area contributed by atoms with E-state index in [2.05, 4.69) is 51.0 Å². The van der Waals surface area contributed by atoms with Gasteiger partial charge in [0.15, 0.2) is 0 Å². The molecule has 0 unspecified atom stereocenters. The number of aromatic nitrogens is 6. The third-order valence-corrected chi connectivity index (χ3v) is 4.20. The number of hydrogen-bond acceptors (Lipinski definition) is 7. The zero-order valence-corrected chi connectivity index (χ0v) is 14.6. The average Bonchev–Trinajstić information content (AvgIpc) is 2.90. The van der Waals surface area contributed by atoms with Gasteiger partial charge in [-0.2, -0.15) is 0 Å². The fourth-order valence-electron chi connectivity index (χ4n) is 2.52. The fourth-order valence-corrected chi connectivity index (χ4v) is 2.92. The Kier molecular flexibility index (Phi) is 4.40. The molecule has 0 atom stereocenters. The van der Waals surface area contributed by atoms with E-state index >= 15 is 0 Å². The van der Waals surface area contributed by atoms with Crippen LogP contribution in [0.15, 0.2) is 18.5 Å². The Balaban J connectivity index is 1.61. The zero-order valence-electron chi connectivity index (χ0n) is 13.8. The molecule has 124 valence electrons. The first-order valence-corrected chi connectivity index (χ1v) is 8.13. The van der Waals surface area contributed by atoms with Crippen LogP contribution in [0.4, 0.5) is 5.95 Å². The van der Waals surface area contributed by atoms with Crippen molar-refractivity contribution in [2.45, 2.75) is 33.0 Å². The maximum atomic E-state index is 5.49. The van der Waals surface area contributed by atoms with Crippen molar-refractivity contribution in [2.24, 2.45) is 0 Å². The van der Waals surface area contributed by atoms with Crippen molar-refractivity contribution < 1.29 is 0 Å². The number of nitrogens with zero attached hydrogens (tertiary/aromatic N) is 8. The van der Waals surface area contributed by atoms with E-state index in [0.717, 1.165) is 32.1 Å². The molecule has 0 bridgehead atoms. The highest BCUT2D eigenvalue weighted by molar-refractivity contribution is 7.71. The molecule has 1 aliphatic heterocycles. The topological polar surface area (TPSA) is 67.9 Å². The maximum Gasteiger partial charge on any atom is 0.225 e. The molecule has 0 saturated carbocycles. The minimum absolute atomic E-state index is 0.154. The largest absolute Gasteiger partial charge is 0.338 e. The lowest BCUT2D eigenvalue weighted by molar-refractivity contribution is 0.191. The lowest BCUT2D eigenvalue weighted by Crippen LogP contribution is -2.47. The second kappa shape index (κ2) is 6.32. The van der Waals surface area contributed by atoms with Gasteiger partial charge in [0.05, 0.1) is 12.2 Å². The molecule has 3 heterocycles. The van der Waals surface area contributed by atoms with E-state index in [-0.39, 0.29) is 5.54 Å². The molecule has 2 aromatic rings. The number of rotatable bonds is 3. The standard InChI is InChI=1S/C14H22N8S/c1-14(2,3)22-13(23)21(17-18-22)11-19-7-9-20(10-8-19)12-15-5-4-6-16-12/h4-6H,7-11H2,1-3H3. The van der Waals surface area contributed by atoms with E-state index in [4.69, 9.17) is 12.2 Å². The van der Waals surface area contributed by atoms with Gasteiger partial charge in [-0.05, 0) is 49.5 Å². The molecular formula is C14H22N8S. The van der Waals surface area contributed by atoms with Gasteiger partial charge in [0.25, 0.3) is 0 Å². The van der Waals surface area contributed by atoms with Gasteiger partial charge in [-0.25, -0.2) is 19.3 Å². The van der Waals surface area contributed by atoms with Crippen LogP contribution in [0.3, 0.4) is 0 Å². The Labute approximate surface area is 140 Å². The molecule has 23 heavy (non-hydrogen) atoms. The first-order chi connectivity index (χ1) is 10.9. The third kappa shape index (κ3) is 3.56. The third-order valence-electron chi connectivity index (χ3n) is 3.82. The maximum absolute atomic E-state index is 5.49. The number of anilines is 1. The normalized spacial score (nSPS) is 16.7. The molecule has 8 nitrogen and oxygen atoms in total. The van der Waals surface area contributed by atoms with Crippen molar-refractivity contribution in [1.82, 2.24) is 34.7 Å². The van der Waals surface area contributed by atoms with Crippen LogP contribution in [-0.2, 0) is 12.2 Å². The van der Waals surface area contributed by atoms with Crippen LogP contribution in [0.2, 0.25) is 0 Å². The van der Waals surface area contributed by atoms with Crippen LogP contribution in [0.25, 0.3) is 0 Å². The summed E-state index contributed by atoms with van der Waals surface area (Å²) in [6, 6.07) is 1.83. The highest BCUT2D eigenvalue weighted by Gasteiger charge is 2.21. The van der Waals surface area contributed by atoms with Crippen molar-refractivity contribution in [1.29, 1.82) is 0 Å². The summed E-state index contributed by atoms with van der Waals surface area (Å²) in [5, 5.41) is 8.38. The molecule has 3 rings (SSSR count). The second-order valence-corrected chi connectivity index (χ2v) is 7.00. The molecule has 0 N–H and O–H groups in total. The van der Waals surface area contributed by atoms with Gasteiger partial charge in [0.2, 0.25) is 10.7 Å². The number of piperazine rings is 1. The van der Waals surface area contributed by atoms with E-state index < -0.39 is 0 Å². The van der Waals surface area contributed by atoms with Crippen LogP contribution in [0.5, 0.6) is 0 Å². The lowest BCUT2D eigenvalue weighted by Gasteiger charge is -2.34. The SMILES string of the molecule is CC(C)(C)n1nnn(CN2CCN(c3ncccn3)CC2)c1=S. The molecule has 0 aromatic carbocycles. The zero-order chi connectivity index (χ0) is 16.4. The van der Waals surface area contributed by atoms with Gasteiger partial charge in [-0.15, -0.1) is 0 Å². The molecule has 1 fully saturated rings. The van der Waals surface area contributed by atoms with Crippen LogP contribution in [0, 0.1) is 4.77 Å². The molecule has 2 aromatic heterocycles. The predicted octanol–water partition coefficient (Wildman–Crippen LogP) is 1.13. The minimum Gasteiger partial charge on any atom is -0.338 e. The highest BCUT2D eigenvalue weighted by Crippen LogP contribution is 2.13. The summed E-state index contributed by atoms with van der Waals surface area (Å²) in [4.78, 5) is 13.1. The molecule has 1 saturated heterocycles. The van der Waals surface area contributed by atoms with Crippen molar-refractivity contribution >= 4 is 18.2 Å². The van der Waals surface area contributed by atoms with Crippen LogP contribution >= 0.6 is 12.2 Å². The quantitative estimate of drug-likeness (QED) is 0.780. The monoisotopic (exact) mass is 334 g/mol. The van der Waals surface area contributed by atoms with Gasteiger partial charge in [0, 0.05) is 38.6 Å². The minimum atomic E-state index is -0.154. The summed E-state index contributed by atoms with van der Waals surface area (Å²) in [5.74, 6) is 0.794. The first-order valence-electron chi connectivity index (χ1n) is 7.73. The highest BCUT2D eigenvalue weighted by atomic mass is 32.1. The summed E-state index contributed by atoms with van der Waals surface area (Å²) in [5.41, 5.74) is -0.154. The van der Waals surface area contributed by atoms with Gasteiger partial charge in [-0.1, -0.05) is 0 Å². The summed E-state index contributed by atoms with van der Waals surface area (Å²) in [6.07, 6.45) is 3.55. The summed E-state index contributed by atoms with van der Waals surface area (Å²) < 4.78 is 4.23. The van der Waals surface area contributed by atoms with Crippen LogP contribution in [0.1, 0.15) is 20.8 Å². The Hall–Kier alpha value is -1.87. The predicted molar refractivity (Wildman–Crippen MR) is 89.7 cm³/mol. The van der Waals surface area contributed by atoms with Crippen molar-refractivity contribution in [2.75, 3.05) is 31.1 Å². The van der Waals surface area contributed by atoms with Gasteiger partial charge in [-0.3, -0.25) is 4.90 Å². The number of tetrazole rings is 1. The molecule has 9 heteroatoms. The molecule has 0 amide bonds.